The maximum atomic E-state index is 9.19. The fourth-order valence-electron chi connectivity index (χ4n) is 2.46. The summed E-state index contributed by atoms with van der Waals surface area (Å²) in [5, 5.41) is 9.19. The fourth-order valence-corrected chi connectivity index (χ4v) is 2.46. The third kappa shape index (κ3) is 2.40. The minimum absolute atomic E-state index is 0.0950. The molecular weight excluding hydrogens is 208 g/mol. The molecule has 0 radical (unpaired) electrons. The van der Waals surface area contributed by atoms with E-state index < -0.39 is 0 Å². The van der Waals surface area contributed by atoms with Gasteiger partial charge in [0.05, 0.1) is 6.61 Å². The first-order chi connectivity index (χ1) is 8.11. The predicted octanol–water partition coefficient (Wildman–Crippen LogP) is 3.77. The summed E-state index contributed by atoms with van der Waals surface area (Å²) >= 11 is 0. The second kappa shape index (κ2) is 4.72. The molecule has 2 aromatic rings. The Balaban J connectivity index is 2.60. The van der Waals surface area contributed by atoms with Crippen LogP contribution in [-0.4, -0.2) is 5.11 Å². The van der Waals surface area contributed by atoms with E-state index in [9.17, 15) is 5.11 Å². The van der Waals surface area contributed by atoms with Gasteiger partial charge in [-0.1, -0.05) is 35.9 Å². The van der Waals surface area contributed by atoms with Crippen LogP contribution in [-0.2, 0) is 6.61 Å². The molecule has 17 heavy (non-hydrogen) atoms. The number of benzene rings is 2. The molecule has 0 aliphatic carbocycles. The molecule has 0 aromatic heterocycles. The third-order valence-electron chi connectivity index (χ3n) is 3.08. The molecule has 88 valence electrons. The summed E-state index contributed by atoms with van der Waals surface area (Å²) in [7, 11) is 0. The van der Waals surface area contributed by atoms with E-state index in [0.29, 0.717) is 0 Å². The number of aliphatic hydroxyl groups excluding tert-OH is 1. The number of rotatable bonds is 2. The van der Waals surface area contributed by atoms with Gasteiger partial charge in [0.2, 0.25) is 0 Å². The van der Waals surface area contributed by atoms with E-state index in [2.05, 4.69) is 45.0 Å². The maximum Gasteiger partial charge on any atom is 0.0682 e. The second-order valence-corrected chi connectivity index (χ2v) is 4.63. The Morgan fingerprint density at radius 3 is 2.18 bits per heavy atom. The van der Waals surface area contributed by atoms with Crippen LogP contribution in [0.5, 0.6) is 0 Å². The summed E-state index contributed by atoms with van der Waals surface area (Å²) in [4.78, 5) is 0. The van der Waals surface area contributed by atoms with Gasteiger partial charge < -0.3 is 5.11 Å². The third-order valence-corrected chi connectivity index (χ3v) is 3.08. The van der Waals surface area contributed by atoms with Crippen LogP contribution in [0.4, 0.5) is 0 Å². The average Bonchev–Trinajstić information content (AvgIpc) is 2.28. The minimum Gasteiger partial charge on any atom is -0.392 e. The van der Waals surface area contributed by atoms with E-state index in [0.717, 1.165) is 5.56 Å². The van der Waals surface area contributed by atoms with E-state index in [4.69, 9.17) is 0 Å². The normalized spacial score (nSPS) is 10.6. The Morgan fingerprint density at radius 2 is 1.59 bits per heavy atom. The van der Waals surface area contributed by atoms with Gasteiger partial charge in [-0.2, -0.15) is 0 Å². The highest BCUT2D eigenvalue weighted by Crippen LogP contribution is 2.28. The van der Waals surface area contributed by atoms with Crippen molar-refractivity contribution < 1.29 is 5.11 Å². The molecule has 2 rings (SSSR count). The maximum absolute atomic E-state index is 9.19. The van der Waals surface area contributed by atoms with Crippen LogP contribution < -0.4 is 0 Å². The van der Waals surface area contributed by atoms with Crippen molar-refractivity contribution in [2.24, 2.45) is 0 Å². The van der Waals surface area contributed by atoms with Crippen LogP contribution in [0.15, 0.2) is 36.4 Å². The van der Waals surface area contributed by atoms with Crippen molar-refractivity contribution in [1.29, 1.82) is 0 Å². The molecular formula is C16H18O. The molecule has 0 spiro atoms. The van der Waals surface area contributed by atoms with Gasteiger partial charge in [0, 0.05) is 0 Å². The van der Waals surface area contributed by atoms with Crippen LogP contribution in [0.2, 0.25) is 0 Å². The summed E-state index contributed by atoms with van der Waals surface area (Å²) in [6.07, 6.45) is 0. The lowest BCUT2D eigenvalue weighted by Crippen LogP contribution is -1.91. The van der Waals surface area contributed by atoms with Gasteiger partial charge in [-0.05, 0) is 54.7 Å². The molecule has 0 atom stereocenters. The van der Waals surface area contributed by atoms with Crippen LogP contribution in [0, 0.1) is 20.8 Å². The molecule has 1 nitrogen and oxygen atoms in total. The quantitative estimate of drug-likeness (QED) is 0.826. The lowest BCUT2D eigenvalue weighted by molar-refractivity contribution is 0.282. The van der Waals surface area contributed by atoms with E-state index in [1.54, 1.807) is 0 Å². The van der Waals surface area contributed by atoms with E-state index >= 15 is 0 Å². The van der Waals surface area contributed by atoms with Crippen molar-refractivity contribution in [3.63, 3.8) is 0 Å². The smallest absolute Gasteiger partial charge is 0.0682 e. The Hall–Kier alpha value is -1.60. The second-order valence-electron chi connectivity index (χ2n) is 4.63. The molecule has 0 aliphatic heterocycles. The number of aliphatic hydroxyl groups is 1. The van der Waals surface area contributed by atoms with Gasteiger partial charge in [-0.15, -0.1) is 0 Å². The number of aryl methyl sites for hydroxylation is 3. The van der Waals surface area contributed by atoms with Crippen molar-refractivity contribution in [2.75, 3.05) is 0 Å². The Bertz CT molecular complexity index is 518. The molecule has 0 heterocycles. The van der Waals surface area contributed by atoms with Gasteiger partial charge in [0.15, 0.2) is 0 Å². The molecule has 1 N–H and O–H groups in total. The largest absolute Gasteiger partial charge is 0.392 e. The molecule has 0 bridgehead atoms. The summed E-state index contributed by atoms with van der Waals surface area (Å²) in [5.41, 5.74) is 7.30. The predicted molar refractivity (Wildman–Crippen MR) is 72.0 cm³/mol. The van der Waals surface area contributed by atoms with Crippen LogP contribution in [0.25, 0.3) is 11.1 Å². The summed E-state index contributed by atoms with van der Waals surface area (Å²) in [6.45, 7) is 6.49. The minimum atomic E-state index is 0.0950. The Morgan fingerprint density at radius 1 is 0.941 bits per heavy atom. The Kier molecular flexibility index (Phi) is 3.30. The Labute approximate surface area is 103 Å². The first-order valence-electron chi connectivity index (χ1n) is 5.90. The van der Waals surface area contributed by atoms with Crippen molar-refractivity contribution in [1.82, 2.24) is 0 Å². The zero-order chi connectivity index (χ0) is 12.4. The monoisotopic (exact) mass is 226 g/mol. The SMILES string of the molecule is Cc1cc(C)c(-c2cccc(CO)c2)c(C)c1. The highest BCUT2D eigenvalue weighted by Gasteiger charge is 2.06. The van der Waals surface area contributed by atoms with Gasteiger partial charge in [-0.3, -0.25) is 0 Å². The molecule has 0 aliphatic rings. The van der Waals surface area contributed by atoms with Gasteiger partial charge in [-0.25, -0.2) is 0 Å². The molecule has 2 aromatic carbocycles. The summed E-state index contributed by atoms with van der Waals surface area (Å²) < 4.78 is 0. The molecule has 0 saturated carbocycles. The standard InChI is InChI=1S/C16H18O/c1-11-7-12(2)16(13(3)8-11)15-6-4-5-14(9-15)10-17/h4-9,17H,10H2,1-3H3. The van der Waals surface area contributed by atoms with E-state index in [1.807, 2.05) is 12.1 Å². The molecule has 0 unspecified atom stereocenters. The fraction of sp³-hybridized carbons (Fsp3) is 0.250. The van der Waals surface area contributed by atoms with Crippen molar-refractivity contribution in [3.05, 3.63) is 58.7 Å². The zero-order valence-corrected chi connectivity index (χ0v) is 10.6. The van der Waals surface area contributed by atoms with E-state index in [-0.39, 0.29) is 6.61 Å². The van der Waals surface area contributed by atoms with Gasteiger partial charge in [0.25, 0.3) is 0 Å². The van der Waals surface area contributed by atoms with Crippen molar-refractivity contribution >= 4 is 0 Å². The molecule has 0 fully saturated rings. The average molecular weight is 226 g/mol. The van der Waals surface area contributed by atoms with E-state index in [1.165, 1.54) is 27.8 Å². The summed E-state index contributed by atoms with van der Waals surface area (Å²) in [6, 6.07) is 12.5. The highest BCUT2D eigenvalue weighted by atomic mass is 16.3. The van der Waals surface area contributed by atoms with Crippen LogP contribution >= 0.6 is 0 Å². The highest BCUT2D eigenvalue weighted by molar-refractivity contribution is 5.71. The number of hydrogen-bond acceptors (Lipinski definition) is 1. The van der Waals surface area contributed by atoms with Crippen LogP contribution in [0.1, 0.15) is 22.3 Å². The molecule has 0 amide bonds. The molecule has 1 heteroatoms. The molecule has 0 saturated heterocycles. The van der Waals surface area contributed by atoms with Gasteiger partial charge in [0.1, 0.15) is 0 Å². The number of hydrogen-bond donors (Lipinski definition) is 1. The lowest BCUT2D eigenvalue weighted by Gasteiger charge is -2.12. The zero-order valence-electron chi connectivity index (χ0n) is 10.6. The van der Waals surface area contributed by atoms with Gasteiger partial charge >= 0.3 is 0 Å². The lowest BCUT2D eigenvalue weighted by atomic mass is 9.93. The van der Waals surface area contributed by atoms with Crippen molar-refractivity contribution in [3.8, 4) is 11.1 Å². The van der Waals surface area contributed by atoms with Crippen LogP contribution in [0.3, 0.4) is 0 Å². The topological polar surface area (TPSA) is 20.2 Å². The van der Waals surface area contributed by atoms with Crippen molar-refractivity contribution in [2.45, 2.75) is 27.4 Å². The summed E-state index contributed by atoms with van der Waals surface area (Å²) in [5.74, 6) is 0. The first-order valence-corrected chi connectivity index (χ1v) is 5.90. The first kappa shape index (κ1) is 11.9.